The molecule has 8 nitrogen and oxygen atoms in total. The van der Waals surface area contributed by atoms with Crippen LogP contribution in [0.3, 0.4) is 0 Å². The largest absolute Gasteiger partial charge is 0.479 e. The molecule has 0 radical (unpaired) electrons. The van der Waals surface area contributed by atoms with Gasteiger partial charge in [-0.3, -0.25) is 4.79 Å². The minimum atomic E-state index is -1.10. The number of urea groups is 1. The van der Waals surface area contributed by atoms with Gasteiger partial charge in [-0.15, -0.1) is 0 Å². The molecule has 17 heavy (non-hydrogen) atoms. The number of carbonyl (C=O) groups excluding carboxylic acids is 2. The van der Waals surface area contributed by atoms with Gasteiger partial charge in [-0.05, 0) is 0 Å². The van der Waals surface area contributed by atoms with E-state index in [2.05, 4.69) is 5.32 Å². The fourth-order valence-corrected chi connectivity index (χ4v) is 1.39. The van der Waals surface area contributed by atoms with Gasteiger partial charge in [0.2, 0.25) is 5.91 Å². The number of primary amides is 1. The van der Waals surface area contributed by atoms with Crippen LogP contribution in [0.15, 0.2) is 0 Å². The summed E-state index contributed by atoms with van der Waals surface area (Å²) in [5, 5.41) is 11.2. The SMILES string of the molecule is NC(=O)CCNC(=O)N1CCOC(C(=O)O)C1. The van der Waals surface area contributed by atoms with Crippen LogP contribution in [0, 0.1) is 0 Å². The number of nitrogens with zero attached hydrogens (tertiary/aromatic N) is 1. The van der Waals surface area contributed by atoms with E-state index >= 15 is 0 Å². The van der Waals surface area contributed by atoms with Crippen molar-refractivity contribution >= 4 is 17.9 Å². The molecule has 4 N–H and O–H groups in total. The highest BCUT2D eigenvalue weighted by Gasteiger charge is 2.28. The van der Waals surface area contributed by atoms with E-state index in [0.29, 0.717) is 6.54 Å². The molecule has 0 bridgehead atoms. The van der Waals surface area contributed by atoms with Gasteiger partial charge in [0.15, 0.2) is 6.10 Å². The van der Waals surface area contributed by atoms with E-state index in [-0.39, 0.29) is 26.1 Å². The second-order valence-electron chi connectivity index (χ2n) is 3.59. The van der Waals surface area contributed by atoms with Crippen molar-refractivity contribution in [3.63, 3.8) is 0 Å². The number of nitrogens with one attached hydrogen (secondary N) is 1. The van der Waals surface area contributed by atoms with Crippen LogP contribution in [0.5, 0.6) is 0 Å². The van der Waals surface area contributed by atoms with E-state index < -0.39 is 24.0 Å². The number of nitrogens with two attached hydrogens (primary N) is 1. The van der Waals surface area contributed by atoms with E-state index in [1.165, 1.54) is 4.90 Å². The third-order valence-corrected chi connectivity index (χ3v) is 2.28. The molecule has 0 saturated carbocycles. The first-order valence-electron chi connectivity index (χ1n) is 5.16. The number of carboxylic acids is 1. The van der Waals surface area contributed by atoms with Gasteiger partial charge in [0, 0.05) is 19.5 Å². The van der Waals surface area contributed by atoms with Crippen LogP contribution in [0.4, 0.5) is 4.79 Å². The molecule has 0 aliphatic carbocycles. The molecule has 0 aromatic heterocycles. The Morgan fingerprint density at radius 1 is 1.47 bits per heavy atom. The first kappa shape index (κ1) is 13.2. The Morgan fingerprint density at radius 3 is 2.76 bits per heavy atom. The standard InChI is InChI=1S/C9H15N3O5/c10-7(13)1-2-11-9(16)12-3-4-17-6(5-12)8(14)15/h6H,1-5H2,(H2,10,13)(H,11,16)(H,14,15). The van der Waals surface area contributed by atoms with Crippen LogP contribution < -0.4 is 11.1 Å². The van der Waals surface area contributed by atoms with Crippen molar-refractivity contribution in [1.82, 2.24) is 10.2 Å². The number of carboxylic acid groups (broad SMARTS) is 1. The minimum Gasteiger partial charge on any atom is -0.479 e. The van der Waals surface area contributed by atoms with Crippen LogP contribution in [0.1, 0.15) is 6.42 Å². The molecule has 0 spiro atoms. The maximum atomic E-state index is 11.6. The first-order chi connectivity index (χ1) is 8.00. The Balaban J connectivity index is 2.35. The third kappa shape index (κ3) is 4.27. The third-order valence-electron chi connectivity index (χ3n) is 2.28. The lowest BCUT2D eigenvalue weighted by Gasteiger charge is -2.30. The Morgan fingerprint density at radius 2 is 2.18 bits per heavy atom. The summed E-state index contributed by atoms with van der Waals surface area (Å²) in [4.78, 5) is 34.0. The van der Waals surface area contributed by atoms with Gasteiger partial charge in [0.05, 0.1) is 13.2 Å². The quantitative estimate of drug-likeness (QED) is 0.548. The zero-order chi connectivity index (χ0) is 12.8. The number of hydrogen-bond donors (Lipinski definition) is 3. The van der Waals surface area contributed by atoms with Crippen molar-refractivity contribution in [2.45, 2.75) is 12.5 Å². The maximum absolute atomic E-state index is 11.6. The number of amides is 3. The van der Waals surface area contributed by atoms with Crippen molar-refractivity contribution in [1.29, 1.82) is 0 Å². The van der Waals surface area contributed by atoms with E-state index in [1.807, 2.05) is 0 Å². The summed E-state index contributed by atoms with van der Waals surface area (Å²) in [5.74, 6) is -1.60. The topological polar surface area (TPSA) is 122 Å². The number of ether oxygens (including phenoxy) is 1. The molecular formula is C9H15N3O5. The molecule has 1 atom stereocenters. The smallest absolute Gasteiger partial charge is 0.334 e. The number of morpholine rings is 1. The molecule has 1 saturated heterocycles. The molecule has 1 aliphatic rings. The average Bonchev–Trinajstić information content (AvgIpc) is 2.28. The number of aliphatic carboxylic acids is 1. The number of hydrogen-bond acceptors (Lipinski definition) is 4. The van der Waals surface area contributed by atoms with Gasteiger partial charge in [-0.1, -0.05) is 0 Å². The lowest BCUT2D eigenvalue weighted by atomic mass is 10.3. The van der Waals surface area contributed by atoms with Gasteiger partial charge in [-0.2, -0.15) is 0 Å². The summed E-state index contributed by atoms with van der Waals surface area (Å²) >= 11 is 0. The lowest BCUT2D eigenvalue weighted by Crippen LogP contribution is -2.52. The highest BCUT2D eigenvalue weighted by molar-refractivity contribution is 5.78. The summed E-state index contributed by atoms with van der Waals surface area (Å²) in [5.41, 5.74) is 4.92. The monoisotopic (exact) mass is 245 g/mol. The van der Waals surface area contributed by atoms with Crippen molar-refractivity contribution in [2.75, 3.05) is 26.2 Å². The predicted octanol–water partition coefficient (Wildman–Crippen LogP) is -1.64. The summed E-state index contributed by atoms with van der Waals surface area (Å²) in [7, 11) is 0. The average molecular weight is 245 g/mol. The van der Waals surface area contributed by atoms with Crippen molar-refractivity contribution < 1.29 is 24.2 Å². The molecule has 1 aliphatic heterocycles. The molecule has 0 aromatic carbocycles. The van der Waals surface area contributed by atoms with Crippen LogP contribution in [0.25, 0.3) is 0 Å². The second kappa shape index (κ2) is 6.04. The molecule has 0 aromatic rings. The minimum absolute atomic E-state index is 0.00224. The molecule has 8 heteroatoms. The van der Waals surface area contributed by atoms with Gasteiger partial charge in [0.25, 0.3) is 0 Å². The zero-order valence-corrected chi connectivity index (χ0v) is 9.22. The molecule has 1 unspecified atom stereocenters. The summed E-state index contributed by atoms with van der Waals surface area (Å²) < 4.78 is 4.97. The predicted molar refractivity (Wildman–Crippen MR) is 56.2 cm³/mol. The number of rotatable bonds is 4. The van der Waals surface area contributed by atoms with E-state index in [1.54, 1.807) is 0 Å². The van der Waals surface area contributed by atoms with Gasteiger partial charge < -0.3 is 25.8 Å². The van der Waals surface area contributed by atoms with Crippen molar-refractivity contribution in [3.05, 3.63) is 0 Å². The van der Waals surface area contributed by atoms with Crippen molar-refractivity contribution in [3.8, 4) is 0 Å². The molecular weight excluding hydrogens is 230 g/mol. The second-order valence-corrected chi connectivity index (χ2v) is 3.59. The molecule has 96 valence electrons. The molecule has 1 rings (SSSR count). The molecule has 3 amide bonds. The summed E-state index contributed by atoms with van der Waals surface area (Å²) in [6.45, 7) is 0.646. The fourth-order valence-electron chi connectivity index (χ4n) is 1.39. The summed E-state index contributed by atoms with van der Waals surface area (Å²) in [6.07, 6.45) is -0.941. The van der Waals surface area contributed by atoms with Crippen LogP contribution in [-0.2, 0) is 14.3 Å². The normalized spacial score (nSPS) is 19.8. The zero-order valence-electron chi connectivity index (χ0n) is 9.22. The van der Waals surface area contributed by atoms with Crippen LogP contribution >= 0.6 is 0 Å². The molecule has 1 heterocycles. The van der Waals surface area contributed by atoms with Crippen molar-refractivity contribution in [2.24, 2.45) is 5.73 Å². The highest BCUT2D eigenvalue weighted by Crippen LogP contribution is 2.05. The van der Waals surface area contributed by atoms with Crippen LogP contribution in [0.2, 0.25) is 0 Å². The van der Waals surface area contributed by atoms with Crippen LogP contribution in [-0.4, -0.2) is 60.3 Å². The van der Waals surface area contributed by atoms with Gasteiger partial charge in [-0.25, -0.2) is 9.59 Å². The Bertz CT molecular complexity index is 320. The Hall–Kier alpha value is -1.83. The maximum Gasteiger partial charge on any atom is 0.334 e. The number of carbonyl (C=O) groups is 3. The van der Waals surface area contributed by atoms with Gasteiger partial charge >= 0.3 is 12.0 Å². The van der Waals surface area contributed by atoms with Gasteiger partial charge in [0.1, 0.15) is 0 Å². The molecule has 1 fully saturated rings. The van der Waals surface area contributed by atoms with E-state index in [4.69, 9.17) is 15.6 Å². The Kier molecular flexibility index (Phi) is 4.70. The Labute approximate surface area is 97.7 Å². The lowest BCUT2D eigenvalue weighted by molar-refractivity contribution is -0.154. The highest BCUT2D eigenvalue weighted by atomic mass is 16.5. The summed E-state index contributed by atoms with van der Waals surface area (Å²) in [6, 6.07) is -0.416. The first-order valence-corrected chi connectivity index (χ1v) is 5.16. The fraction of sp³-hybridized carbons (Fsp3) is 0.667. The van der Waals surface area contributed by atoms with E-state index in [9.17, 15) is 14.4 Å². The van der Waals surface area contributed by atoms with E-state index in [0.717, 1.165) is 0 Å².